The van der Waals surface area contributed by atoms with E-state index in [9.17, 15) is 4.79 Å². The van der Waals surface area contributed by atoms with Crippen LogP contribution in [0.25, 0.3) is 16.9 Å². The van der Waals surface area contributed by atoms with Crippen molar-refractivity contribution in [2.45, 2.75) is 6.92 Å². The van der Waals surface area contributed by atoms with Gasteiger partial charge in [-0.25, -0.2) is 4.98 Å². The molecular formula is C13H11BrN4O. The SMILES string of the molecule is Cc1nn(C)c(-n2ccc3cc(Br)cnc32)c1C=O. The van der Waals surface area contributed by atoms with Crippen LogP contribution in [0.15, 0.2) is 29.0 Å². The van der Waals surface area contributed by atoms with Gasteiger partial charge in [0, 0.05) is 29.3 Å². The van der Waals surface area contributed by atoms with E-state index in [4.69, 9.17) is 0 Å². The molecule has 0 bridgehead atoms. The zero-order chi connectivity index (χ0) is 13.6. The third-order valence-corrected chi connectivity index (χ3v) is 3.51. The van der Waals surface area contributed by atoms with Gasteiger partial charge in [0.05, 0.1) is 11.3 Å². The van der Waals surface area contributed by atoms with Crippen LogP contribution in [0.2, 0.25) is 0 Å². The zero-order valence-electron chi connectivity index (χ0n) is 10.5. The first-order valence-electron chi connectivity index (χ1n) is 5.73. The first-order chi connectivity index (χ1) is 9.11. The van der Waals surface area contributed by atoms with Gasteiger partial charge in [-0.15, -0.1) is 0 Å². The number of rotatable bonds is 2. The quantitative estimate of drug-likeness (QED) is 0.682. The van der Waals surface area contributed by atoms with E-state index in [-0.39, 0.29) is 0 Å². The molecule has 0 N–H and O–H groups in total. The molecule has 0 aliphatic carbocycles. The van der Waals surface area contributed by atoms with Crippen LogP contribution >= 0.6 is 15.9 Å². The van der Waals surface area contributed by atoms with E-state index in [1.54, 1.807) is 10.9 Å². The van der Waals surface area contributed by atoms with Crippen molar-refractivity contribution in [1.29, 1.82) is 0 Å². The molecule has 0 saturated heterocycles. The highest BCUT2D eigenvalue weighted by atomic mass is 79.9. The van der Waals surface area contributed by atoms with Crippen LogP contribution in [-0.2, 0) is 7.05 Å². The van der Waals surface area contributed by atoms with E-state index >= 15 is 0 Å². The smallest absolute Gasteiger partial charge is 0.155 e. The van der Waals surface area contributed by atoms with Crippen molar-refractivity contribution in [3.63, 3.8) is 0 Å². The number of halogens is 1. The van der Waals surface area contributed by atoms with Crippen LogP contribution in [0.4, 0.5) is 0 Å². The third kappa shape index (κ3) is 1.79. The van der Waals surface area contributed by atoms with Crippen LogP contribution in [0.3, 0.4) is 0 Å². The number of hydrogen-bond acceptors (Lipinski definition) is 3. The number of nitrogens with zero attached hydrogens (tertiary/aromatic N) is 4. The molecule has 0 atom stereocenters. The number of aromatic nitrogens is 4. The van der Waals surface area contributed by atoms with Gasteiger partial charge < -0.3 is 0 Å². The topological polar surface area (TPSA) is 52.7 Å². The number of carbonyl (C=O) groups excluding carboxylic acids is 1. The number of aryl methyl sites for hydroxylation is 2. The van der Waals surface area contributed by atoms with Gasteiger partial charge in [-0.3, -0.25) is 14.0 Å². The van der Waals surface area contributed by atoms with Crippen molar-refractivity contribution in [3.8, 4) is 5.82 Å². The minimum atomic E-state index is 0.588. The van der Waals surface area contributed by atoms with Crippen molar-refractivity contribution in [2.24, 2.45) is 7.05 Å². The third-order valence-electron chi connectivity index (χ3n) is 3.08. The second kappa shape index (κ2) is 4.31. The summed E-state index contributed by atoms with van der Waals surface area (Å²) in [6.45, 7) is 1.82. The summed E-state index contributed by atoms with van der Waals surface area (Å²) in [4.78, 5) is 15.7. The Hall–Kier alpha value is -1.95. The summed E-state index contributed by atoms with van der Waals surface area (Å²) in [5.41, 5.74) is 2.10. The van der Waals surface area contributed by atoms with Crippen molar-refractivity contribution >= 4 is 33.2 Å². The van der Waals surface area contributed by atoms with Crippen LogP contribution in [0, 0.1) is 6.92 Å². The number of hydrogen-bond donors (Lipinski definition) is 0. The van der Waals surface area contributed by atoms with Gasteiger partial charge in [0.25, 0.3) is 0 Å². The lowest BCUT2D eigenvalue weighted by molar-refractivity contribution is 0.112. The fraction of sp³-hybridized carbons (Fsp3) is 0.154. The van der Waals surface area contributed by atoms with Crippen LogP contribution in [0.5, 0.6) is 0 Å². The molecule has 3 aromatic rings. The monoisotopic (exact) mass is 318 g/mol. The molecule has 19 heavy (non-hydrogen) atoms. The molecule has 3 aromatic heterocycles. The molecule has 6 heteroatoms. The van der Waals surface area contributed by atoms with E-state index in [0.29, 0.717) is 11.3 Å². The Bertz CT molecular complexity index is 787. The summed E-state index contributed by atoms with van der Waals surface area (Å²) < 4.78 is 4.50. The van der Waals surface area contributed by atoms with Gasteiger partial charge in [-0.05, 0) is 35.0 Å². The Balaban J connectivity index is 2.33. The van der Waals surface area contributed by atoms with E-state index in [0.717, 1.165) is 27.6 Å². The number of carbonyl (C=O) groups is 1. The molecule has 0 fully saturated rings. The fourth-order valence-corrected chi connectivity index (χ4v) is 2.60. The molecule has 0 radical (unpaired) electrons. The molecular weight excluding hydrogens is 308 g/mol. The molecule has 0 amide bonds. The summed E-state index contributed by atoms with van der Waals surface area (Å²) >= 11 is 3.40. The normalized spacial score (nSPS) is 11.1. The van der Waals surface area contributed by atoms with E-state index in [1.807, 2.05) is 36.9 Å². The summed E-state index contributed by atoms with van der Waals surface area (Å²) in [6, 6.07) is 3.95. The van der Waals surface area contributed by atoms with Gasteiger partial charge in [-0.2, -0.15) is 5.10 Å². The molecule has 5 nitrogen and oxygen atoms in total. The largest absolute Gasteiger partial charge is 0.298 e. The molecule has 3 heterocycles. The number of pyridine rings is 1. The van der Waals surface area contributed by atoms with Crippen molar-refractivity contribution in [2.75, 3.05) is 0 Å². The Morgan fingerprint density at radius 1 is 1.42 bits per heavy atom. The maximum absolute atomic E-state index is 11.3. The van der Waals surface area contributed by atoms with E-state index in [2.05, 4.69) is 26.0 Å². The highest BCUT2D eigenvalue weighted by Crippen LogP contribution is 2.24. The van der Waals surface area contributed by atoms with Gasteiger partial charge in [0.1, 0.15) is 11.5 Å². The van der Waals surface area contributed by atoms with Crippen molar-refractivity contribution < 1.29 is 4.79 Å². The summed E-state index contributed by atoms with van der Waals surface area (Å²) in [5.74, 6) is 0.734. The second-order valence-corrected chi connectivity index (χ2v) is 5.23. The maximum atomic E-state index is 11.3. The van der Waals surface area contributed by atoms with E-state index < -0.39 is 0 Å². The van der Waals surface area contributed by atoms with Crippen molar-refractivity contribution in [3.05, 3.63) is 40.3 Å². The van der Waals surface area contributed by atoms with Gasteiger partial charge in [0.2, 0.25) is 0 Å². The standard InChI is InChI=1S/C13H11BrN4O/c1-8-11(7-19)13(17(2)16-8)18-4-3-9-5-10(14)6-15-12(9)18/h3-7H,1-2H3. The minimum Gasteiger partial charge on any atom is -0.298 e. The zero-order valence-corrected chi connectivity index (χ0v) is 12.0. The van der Waals surface area contributed by atoms with E-state index in [1.165, 1.54) is 0 Å². The Morgan fingerprint density at radius 3 is 2.95 bits per heavy atom. The molecule has 0 spiro atoms. The molecule has 96 valence electrons. The van der Waals surface area contributed by atoms with Crippen LogP contribution < -0.4 is 0 Å². The lowest BCUT2D eigenvalue weighted by Crippen LogP contribution is -2.04. The van der Waals surface area contributed by atoms with Gasteiger partial charge in [-0.1, -0.05) is 0 Å². The maximum Gasteiger partial charge on any atom is 0.155 e. The summed E-state index contributed by atoms with van der Waals surface area (Å²) in [7, 11) is 1.82. The highest BCUT2D eigenvalue weighted by Gasteiger charge is 2.16. The van der Waals surface area contributed by atoms with Crippen LogP contribution in [-0.4, -0.2) is 25.6 Å². The molecule has 0 unspecified atom stereocenters. The lowest BCUT2D eigenvalue weighted by Gasteiger charge is -2.06. The Labute approximate surface area is 118 Å². The highest BCUT2D eigenvalue weighted by molar-refractivity contribution is 9.10. The lowest BCUT2D eigenvalue weighted by atomic mass is 10.2. The molecule has 0 saturated carbocycles. The van der Waals surface area contributed by atoms with Crippen molar-refractivity contribution in [1.82, 2.24) is 19.3 Å². The number of fused-ring (bicyclic) bond motifs is 1. The average Bonchev–Trinajstić information content (AvgIpc) is 2.89. The summed E-state index contributed by atoms with van der Waals surface area (Å²) in [6.07, 6.45) is 4.47. The minimum absolute atomic E-state index is 0.588. The average molecular weight is 319 g/mol. The Morgan fingerprint density at radius 2 is 2.21 bits per heavy atom. The molecule has 3 rings (SSSR count). The summed E-state index contributed by atoms with van der Waals surface area (Å²) in [5, 5.41) is 5.29. The molecule has 0 aliphatic rings. The Kier molecular flexibility index (Phi) is 2.74. The predicted molar refractivity (Wildman–Crippen MR) is 75.7 cm³/mol. The first-order valence-corrected chi connectivity index (χ1v) is 6.53. The molecule has 0 aliphatic heterocycles. The number of aldehydes is 1. The first kappa shape index (κ1) is 12.1. The van der Waals surface area contributed by atoms with Gasteiger partial charge >= 0.3 is 0 Å². The molecule has 0 aromatic carbocycles. The van der Waals surface area contributed by atoms with Gasteiger partial charge in [0.15, 0.2) is 6.29 Å². The fourth-order valence-electron chi connectivity index (χ4n) is 2.25. The second-order valence-electron chi connectivity index (χ2n) is 4.32. The van der Waals surface area contributed by atoms with Crippen LogP contribution in [0.1, 0.15) is 16.1 Å². The predicted octanol–water partition coefficient (Wildman–Crippen LogP) is 2.64.